The predicted octanol–water partition coefficient (Wildman–Crippen LogP) is 3.01. The molecule has 36 heavy (non-hydrogen) atoms. The van der Waals surface area contributed by atoms with Gasteiger partial charge in [-0.1, -0.05) is 11.6 Å². The van der Waals surface area contributed by atoms with Crippen LogP contribution in [0.5, 0.6) is 11.5 Å². The highest BCUT2D eigenvalue weighted by molar-refractivity contribution is 7.14. The molecule has 0 N–H and O–H groups in total. The number of halogens is 4. The molecule has 0 bridgehead atoms. The summed E-state index contributed by atoms with van der Waals surface area (Å²) in [5.74, 6) is -2.16. The molecule has 3 rings (SSSR count). The number of aromatic nitrogens is 4. The fraction of sp³-hybridized carbons (Fsp3) is 0.143. The summed E-state index contributed by atoms with van der Waals surface area (Å²) in [4.78, 5) is 39.9. The molecule has 0 amide bonds. The molecule has 15 heteroatoms. The number of methoxy groups -OCH3 is 1. The number of hydrogen-bond donors (Lipinski definition) is 0. The molecule has 0 fully saturated rings. The maximum atomic E-state index is 13.6. The van der Waals surface area contributed by atoms with Gasteiger partial charge >= 0.3 is 12.1 Å². The van der Waals surface area contributed by atoms with Crippen molar-refractivity contribution in [1.82, 2.24) is 19.1 Å². The van der Waals surface area contributed by atoms with Gasteiger partial charge in [0, 0.05) is 16.7 Å². The van der Waals surface area contributed by atoms with Crippen molar-refractivity contribution < 1.29 is 27.4 Å². The van der Waals surface area contributed by atoms with Crippen molar-refractivity contribution >= 4 is 33.0 Å². The number of rotatable bonds is 6. The normalized spacial score (nSPS) is 11.4. The van der Waals surface area contributed by atoms with E-state index in [0.717, 1.165) is 40.4 Å². The fourth-order valence-corrected chi connectivity index (χ4v) is 3.39. The highest BCUT2D eigenvalue weighted by Gasteiger charge is 2.38. The van der Waals surface area contributed by atoms with Gasteiger partial charge < -0.3 is 9.47 Å². The zero-order valence-corrected chi connectivity index (χ0v) is 20.0. The Balaban J connectivity index is 2.08. The Morgan fingerprint density at radius 2 is 1.97 bits per heavy atom. The molecule has 1 unspecified atom stereocenters. The van der Waals surface area contributed by atoms with Crippen LogP contribution in [0.1, 0.15) is 22.5 Å². The standard InChI is InChI=1S/C21H14ClF3N5O5P/c1-34-16(31)3-2-12-6-14(28-30(36)19(12)32)9-29-10-27-18(21(23,24)25)17(20(29)33)35-15-5-11(8-26)4-13(22)7-15/h2-7,10H,9,36H2,1H3/b3-2+. The third-order valence-electron chi connectivity index (χ3n) is 4.43. The van der Waals surface area contributed by atoms with Crippen LogP contribution in [0.2, 0.25) is 5.02 Å². The second kappa shape index (κ2) is 10.7. The van der Waals surface area contributed by atoms with E-state index in [1.165, 1.54) is 12.1 Å². The molecule has 1 atom stereocenters. The summed E-state index contributed by atoms with van der Waals surface area (Å²) >= 11 is 5.88. The number of ether oxygens (including phenoxy) is 2. The van der Waals surface area contributed by atoms with Crippen molar-refractivity contribution in [2.45, 2.75) is 12.7 Å². The monoisotopic (exact) mass is 539 g/mol. The molecule has 0 radical (unpaired) electrons. The molecule has 3 aromatic rings. The average molecular weight is 540 g/mol. The van der Waals surface area contributed by atoms with Gasteiger partial charge in [-0.05, 0) is 39.7 Å². The van der Waals surface area contributed by atoms with E-state index >= 15 is 0 Å². The number of hydrogen-bond acceptors (Lipinski definition) is 8. The smallest absolute Gasteiger partial charge is 0.437 e. The summed E-state index contributed by atoms with van der Waals surface area (Å²) in [6.07, 6.45) is -2.24. The van der Waals surface area contributed by atoms with E-state index in [0.29, 0.717) is 6.33 Å². The first-order valence-electron chi connectivity index (χ1n) is 9.62. The van der Waals surface area contributed by atoms with Crippen LogP contribution in [0.15, 0.2) is 46.3 Å². The van der Waals surface area contributed by atoms with Crippen LogP contribution in [0.25, 0.3) is 6.08 Å². The number of alkyl halides is 3. The van der Waals surface area contributed by atoms with Crippen molar-refractivity contribution in [2.24, 2.45) is 0 Å². The first-order chi connectivity index (χ1) is 16.9. The molecule has 0 saturated carbocycles. The van der Waals surface area contributed by atoms with Gasteiger partial charge in [0.2, 0.25) is 5.75 Å². The zero-order chi connectivity index (χ0) is 26.6. The van der Waals surface area contributed by atoms with Crippen LogP contribution >= 0.6 is 21.0 Å². The van der Waals surface area contributed by atoms with Gasteiger partial charge in [0.15, 0.2) is 5.69 Å². The van der Waals surface area contributed by atoms with Gasteiger partial charge in [0.05, 0.1) is 37.3 Å². The van der Waals surface area contributed by atoms with Crippen molar-refractivity contribution in [1.29, 1.82) is 5.26 Å². The minimum atomic E-state index is -5.04. The summed E-state index contributed by atoms with van der Waals surface area (Å²) < 4.78 is 52.0. The minimum absolute atomic E-state index is 0.00117. The second-order valence-corrected chi connectivity index (χ2v) is 7.87. The highest BCUT2D eigenvalue weighted by atomic mass is 35.5. The van der Waals surface area contributed by atoms with E-state index in [1.54, 1.807) is 6.07 Å². The Bertz CT molecular complexity index is 1530. The maximum Gasteiger partial charge on any atom is 0.437 e. The molecule has 0 aliphatic carbocycles. The summed E-state index contributed by atoms with van der Waals surface area (Å²) in [6, 6.07) is 6.51. The lowest BCUT2D eigenvalue weighted by Crippen LogP contribution is -2.28. The Morgan fingerprint density at radius 1 is 1.25 bits per heavy atom. The predicted molar refractivity (Wildman–Crippen MR) is 123 cm³/mol. The van der Waals surface area contributed by atoms with Gasteiger partial charge in [-0.3, -0.25) is 14.2 Å². The van der Waals surface area contributed by atoms with Crippen LogP contribution in [-0.2, 0) is 22.3 Å². The summed E-state index contributed by atoms with van der Waals surface area (Å²) in [7, 11) is 3.16. The topological polar surface area (TPSA) is 129 Å². The fourth-order valence-electron chi connectivity index (χ4n) is 2.86. The number of esters is 1. The summed E-state index contributed by atoms with van der Waals surface area (Å²) in [5.41, 5.74) is -3.36. The molecule has 0 aliphatic heterocycles. The first kappa shape index (κ1) is 26.6. The van der Waals surface area contributed by atoms with Crippen LogP contribution < -0.4 is 15.9 Å². The van der Waals surface area contributed by atoms with E-state index in [1.807, 2.05) is 9.39 Å². The lowest BCUT2D eigenvalue weighted by atomic mass is 10.2. The SMILES string of the molecule is COC(=O)/C=C/c1cc(Cn2cnc(C(F)(F)F)c(Oc3cc(Cl)cc(C#N)c3)c2=O)nn(P)c1=O. The van der Waals surface area contributed by atoms with Gasteiger partial charge in [-0.25, -0.2) is 14.2 Å². The Hall–Kier alpha value is -4.01. The molecular formula is C21H14ClF3N5O5P. The Kier molecular flexibility index (Phi) is 7.92. The van der Waals surface area contributed by atoms with Gasteiger partial charge in [0.1, 0.15) is 5.75 Å². The lowest BCUT2D eigenvalue weighted by molar-refractivity contribution is -0.142. The molecule has 2 heterocycles. The first-order valence-corrected chi connectivity index (χ1v) is 10.5. The third-order valence-corrected chi connectivity index (χ3v) is 5.00. The number of carbonyl (C=O) groups excluding carboxylic acids is 1. The lowest BCUT2D eigenvalue weighted by Gasteiger charge is -2.15. The van der Waals surface area contributed by atoms with Gasteiger partial charge in [-0.15, -0.1) is 0 Å². The molecule has 0 aliphatic rings. The summed E-state index contributed by atoms with van der Waals surface area (Å²) in [5, 5.41) is 13.0. The average Bonchev–Trinajstić information content (AvgIpc) is 2.81. The van der Waals surface area contributed by atoms with Crippen molar-refractivity contribution in [3.8, 4) is 17.6 Å². The van der Waals surface area contributed by atoms with Gasteiger partial charge in [0.25, 0.3) is 11.1 Å². The van der Waals surface area contributed by atoms with Crippen LogP contribution in [-0.4, -0.2) is 32.2 Å². The van der Waals surface area contributed by atoms with Crippen LogP contribution in [0, 0.1) is 11.3 Å². The maximum absolute atomic E-state index is 13.6. The second-order valence-electron chi connectivity index (χ2n) is 6.94. The van der Waals surface area contributed by atoms with E-state index in [-0.39, 0.29) is 27.6 Å². The molecular weight excluding hydrogens is 526 g/mol. The molecule has 0 spiro atoms. The van der Waals surface area contributed by atoms with Crippen molar-refractivity contribution in [3.63, 3.8) is 0 Å². The Labute approximate surface area is 207 Å². The Morgan fingerprint density at radius 3 is 2.61 bits per heavy atom. The van der Waals surface area contributed by atoms with Gasteiger partial charge in [-0.2, -0.15) is 23.5 Å². The summed E-state index contributed by atoms with van der Waals surface area (Å²) in [6.45, 7) is -0.410. The van der Waals surface area contributed by atoms with E-state index in [4.69, 9.17) is 21.6 Å². The van der Waals surface area contributed by atoms with E-state index in [2.05, 4.69) is 14.8 Å². The largest absolute Gasteiger partial charge is 0.466 e. The minimum Gasteiger partial charge on any atom is -0.466 e. The quantitative estimate of drug-likeness (QED) is 0.266. The van der Waals surface area contributed by atoms with E-state index < -0.39 is 41.3 Å². The third kappa shape index (κ3) is 6.16. The number of nitriles is 1. The molecule has 186 valence electrons. The highest BCUT2D eigenvalue weighted by Crippen LogP contribution is 2.35. The molecule has 1 aromatic carbocycles. The molecule has 10 nitrogen and oxygen atoms in total. The molecule has 2 aromatic heterocycles. The number of benzene rings is 1. The molecule has 0 saturated heterocycles. The zero-order valence-electron chi connectivity index (χ0n) is 18.1. The van der Waals surface area contributed by atoms with Crippen molar-refractivity contribution in [3.05, 3.63) is 84.9 Å². The number of carbonyl (C=O) groups is 1. The van der Waals surface area contributed by atoms with Crippen LogP contribution in [0.3, 0.4) is 0 Å². The van der Waals surface area contributed by atoms with Crippen molar-refractivity contribution in [2.75, 3.05) is 7.11 Å². The van der Waals surface area contributed by atoms with Crippen LogP contribution in [0.4, 0.5) is 13.2 Å². The number of nitrogens with zero attached hydrogens (tertiary/aromatic N) is 5. The van der Waals surface area contributed by atoms with E-state index in [9.17, 15) is 27.6 Å².